The van der Waals surface area contributed by atoms with Gasteiger partial charge in [-0.15, -0.1) is 5.54 Å². The van der Waals surface area contributed by atoms with Crippen molar-refractivity contribution >= 4 is 8.07 Å². The molecule has 0 atom stereocenters. The van der Waals surface area contributed by atoms with E-state index in [1.54, 1.807) is 0 Å². The van der Waals surface area contributed by atoms with Gasteiger partial charge in [0, 0.05) is 5.56 Å². The van der Waals surface area contributed by atoms with Crippen molar-refractivity contribution < 1.29 is 4.74 Å². The minimum Gasteiger partial charge on any atom is -0.489 e. The minimum absolute atomic E-state index is 0.589. The topological polar surface area (TPSA) is 9.23 Å². The van der Waals surface area contributed by atoms with Crippen molar-refractivity contribution in [3.05, 3.63) is 65.7 Å². The first-order chi connectivity index (χ1) is 9.53. The van der Waals surface area contributed by atoms with E-state index in [1.807, 2.05) is 42.5 Å². The van der Waals surface area contributed by atoms with Crippen LogP contribution in [0.3, 0.4) is 0 Å². The normalized spacial score (nSPS) is 10.6. The summed E-state index contributed by atoms with van der Waals surface area (Å²) >= 11 is 0. The number of hydrogen-bond acceptors (Lipinski definition) is 1. The molecule has 2 heteroatoms. The number of ether oxygens (including phenoxy) is 1. The SMILES string of the molecule is C[Si](C)(C)C#Cc1cccc(OCc2ccccc2)c1. The van der Waals surface area contributed by atoms with Crippen LogP contribution < -0.4 is 4.74 Å². The molecule has 0 aliphatic rings. The van der Waals surface area contributed by atoms with Gasteiger partial charge in [-0.1, -0.05) is 62.0 Å². The Morgan fingerprint density at radius 2 is 1.70 bits per heavy atom. The van der Waals surface area contributed by atoms with Gasteiger partial charge in [0.2, 0.25) is 0 Å². The summed E-state index contributed by atoms with van der Waals surface area (Å²) in [5.41, 5.74) is 5.57. The summed E-state index contributed by atoms with van der Waals surface area (Å²) in [4.78, 5) is 0. The van der Waals surface area contributed by atoms with E-state index in [4.69, 9.17) is 4.74 Å². The second-order valence-corrected chi connectivity index (χ2v) is 10.6. The highest BCUT2D eigenvalue weighted by Gasteiger charge is 2.07. The van der Waals surface area contributed by atoms with E-state index < -0.39 is 8.07 Å². The van der Waals surface area contributed by atoms with Crippen LogP contribution in [0.25, 0.3) is 0 Å². The van der Waals surface area contributed by atoms with E-state index in [-0.39, 0.29) is 0 Å². The average Bonchev–Trinajstić information content (AvgIpc) is 2.44. The van der Waals surface area contributed by atoms with Crippen molar-refractivity contribution in [2.45, 2.75) is 26.2 Å². The Balaban J connectivity index is 2.04. The summed E-state index contributed by atoms with van der Waals surface area (Å²) in [7, 11) is -1.33. The summed E-state index contributed by atoms with van der Waals surface area (Å²) in [6.07, 6.45) is 0. The summed E-state index contributed by atoms with van der Waals surface area (Å²) in [5, 5.41) is 0. The molecular weight excluding hydrogens is 260 g/mol. The van der Waals surface area contributed by atoms with Crippen LogP contribution in [0.4, 0.5) is 0 Å². The molecule has 0 aliphatic carbocycles. The molecule has 20 heavy (non-hydrogen) atoms. The Morgan fingerprint density at radius 1 is 0.950 bits per heavy atom. The fourth-order valence-corrected chi connectivity index (χ4v) is 2.18. The minimum atomic E-state index is -1.33. The Labute approximate surface area is 122 Å². The molecule has 0 fully saturated rings. The molecule has 0 aromatic heterocycles. The summed E-state index contributed by atoms with van der Waals surface area (Å²) in [6, 6.07) is 18.2. The first kappa shape index (κ1) is 14.4. The van der Waals surface area contributed by atoms with Gasteiger partial charge in [0.25, 0.3) is 0 Å². The van der Waals surface area contributed by atoms with Crippen LogP contribution in [0.15, 0.2) is 54.6 Å². The van der Waals surface area contributed by atoms with Gasteiger partial charge in [-0.25, -0.2) is 0 Å². The number of benzene rings is 2. The summed E-state index contributed by atoms with van der Waals surface area (Å²) < 4.78 is 5.81. The van der Waals surface area contributed by atoms with Crippen molar-refractivity contribution in [3.8, 4) is 17.2 Å². The van der Waals surface area contributed by atoms with Gasteiger partial charge in [-0.05, 0) is 23.8 Å². The molecule has 0 bridgehead atoms. The van der Waals surface area contributed by atoms with Crippen LogP contribution in [0.5, 0.6) is 5.75 Å². The van der Waals surface area contributed by atoms with Gasteiger partial charge in [-0.2, -0.15) is 0 Å². The fraction of sp³-hybridized carbons (Fsp3) is 0.222. The molecule has 2 rings (SSSR count). The van der Waals surface area contributed by atoms with Gasteiger partial charge in [0.1, 0.15) is 20.4 Å². The maximum atomic E-state index is 5.81. The number of rotatable bonds is 3. The lowest BCUT2D eigenvalue weighted by Gasteiger charge is -2.07. The zero-order valence-corrected chi connectivity index (χ0v) is 13.3. The summed E-state index contributed by atoms with van der Waals surface area (Å²) in [5.74, 6) is 4.13. The molecule has 0 spiro atoms. The second-order valence-electron chi connectivity index (χ2n) is 5.80. The quantitative estimate of drug-likeness (QED) is 0.594. The van der Waals surface area contributed by atoms with Crippen LogP contribution in [0.1, 0.15) is 11.1 Å². The highest BCUT2D eigenvalue weighted by atomic mass is 28.3. The molecule has 0 amide bonds. The van der Waals surface area contributed by atoms with Crippen molar-refractivity contribution in [1.82, 2.24) is 0 Å². The van der Waals surface area contributed by atoms with Gasteiger partial charge in [0.05, 0.1) is 0 Å². The molecule has 0 heterocycles. The lowest BCUT2D eigenvalue weighted by Crippen LogP contribution is -2.16. The fourth-order valence-electron chi connectivity index (χ4n) is 1.66. The van der Waals surface area contributed by atoms with Crippen molar-refractivity contribution in [3.63, 3.8) is 0 Å². The van der Waals surface area contributed by atoms with E-state index in [0.717, 1.165) is 11.3 Å². The first-order valence-corrected chi connectivity index (χ1v) is 10.3. The molecule has 102 valence electrons. The van der Waals surface area contributed by atoms with E-state index in [0.29, 0.717) is 6.61 Å². The van der Waals surface area contributed by atoms with Crippen molar-refractivity contribution in [2.75, 3.05) is 0 Å². The molecule has 0 saturated carbocycles. The van der Waals surface area contributed by atoms with Crippen molar-refractivity contribution in [2.24, 2.45) is 0 Å². The molecule has 0 radical (unpaired) electrons. The van der Waals surface area contributed by atoms with Gasteiger partial charge >= 0.3 is 0 Å². The Morgan fingerprint density at radius 3 is 2.40 bits per heavy atom. The monoisotopic (exact) mass is 280 g/mol. The molecule has 0 aliphatic heterocycles. The zero-order chi connectivity index (χ0) is 14.4. The lowest BCUT2D eigenvalue weighted by atomic mass is 10.2. The second kappa shape index (κ2) is 6.45. The van der Waals surface area contributed by atoms with Crippen LogP contribution in [-0.2, 0) is 6.61 Å². The van der Waals surface area contributed by atoms with Crippen LogP contribution >= 0.6 is 0 Å². The van der Waals surface area contributed by atoms with Gasteiger partial charge in [0.15, 0.2) is 0 Å². The van der Waals surface area contributed by atoms with E-state index in [9.17, 15) is 0 Å². The third-order valence-electron chi connectivity index (χ3n) is 2.66. The Kier molecular flexibility index (Phi) is 4.65. The molecule has 2 aromatic carbocycles. The Bertz CT molecular complexity index is 615. The molecule has 0 saturated heterocycles. The molecule has 0 unspecified atom stereocenters. The van der Waals surface area contributed by atoms with Gasteiger partial charge in [-0.3, -0.25) is 0 Å². The molecule has 0 N–H and O–H groups in total. The lowest BCUT2D eigenvalue weighted by molar-refractivity contribution is 0.306. The first-order valence-electron chi connectivity index (χ1n) is 6.83. The van der Waals surface area contributed by atoms with Crippen LogP contribution in [0.2, 0.25) is 19.6 Å². The van der Waals surface area contributed by atoms with E-state index >= 15 is 0 Å². The van der Waals surface area contributed by atoms with E-state index in [2.05, 4.69) is 43.2 Å². The third kappa shape index (κ3) is 4.95. The smallest absolute Gasteiger partial charge is 0.129 e. The van der Waals surface area contributed by atoms with E-state index in [1.165, 1.54) is 5.56 Å². The zero-order valence-electron chi connectivity index (χ0n) is 12.3. The number of hydrogen-bond donors (Lipinski definition) is 0. The highest BCUT2D eigenvalue weighted by molar-refractivity contribution is 6.83. The highest BCUT2D eigenvalue weighted by Crippen LogP contribution is 2.15. The largest absolute Gasteiger partial charge is 0.489 e. The maximum absolute atomic E-state index is 5.81. The molecule has 1 nitrogen and oxygen atoms in total. The predicted molar refractivity (Wildman–Crippen MR) is 87.4 cm³/mol. The van der Waals surface area contributed by atoms with Crippen molar-refractivity contribution in [1.29, 1.82) is 0 Å². The summed E-state index contributed by atoms with van der Waals surface area (Å²) in [6.45, 7) is 7.33. The third-order valence-corrected chi connectivity index (χ3v) is 3.54. The average molecular weight is 280 g/mol. The predicted octanol–water partition coefficient (Wildman–Crippen LogP) is 4.49. The molecule has 2 aromatic rings. The van der Waals surface area contributed by atoms with Crippen LogP contribution in [0, 0.1) is 11.5 Å². The standard InChI is InChI=1S/C18H20OSi/c1-20(2,3)13-12-16-10-7-11-18(14-16)19-15-17-8-5-4-6-9-17/h4-11,14H,15H2,1-3H3. The maximum Gasteiger partial charge on any atom is 0.129 e. The molecular formula is C18H20OSi. The van der Waals surface area contributed by atoms with Gasteiger partial charge < -0.3 is 4.74 Å². The Hall–Kier alpha value is -1.98. The van der Waals surface area contributed by atoms with Crippen LogP contribution in [-0.4, -0.2) is 8.07 Å².